The number of nitrogens with one attached hydrogen (secondary N) is 1. The van der Waals surface area contributed by atoms with E-state index in [-0.39, 0.29) is 24.3 Å². The summed E-state index contributed by atoms with van der Waals surface area (Å²) in [5.41, 5.74) is -0.00841. The molecular weight excluding hydrogens is 273 g/mol. The third-order valence-electron chi connectivity index (χ3n) is 3.62. The Bertz CT molecular complexity index is 470. The van der Waals surface area contributed by atoms with Gasteiger partial charge in [0.1, 0.15) is 12.2 Å². The third-order valence-corrected chi connectivity index (χ3v) is 3.62. The van der Waals surface area contributed by atoms with Gasteiger partial charge in [-0.3, -0.25) is 4.79 Å². The monoisotopic (exact) mass is 290 g/mol. The number of aliphatic hydroxyl groups excluding tert-OH is 1. The van der Waals surface area contributed by atoms with Gasteiger partial charge in [-0.1, -0.05) is 6.42 Å². The molecule has 2 atom stereocenters. The van der Waals surface area contributed by atoms with E-state index in [0.717, 1.165) is 23.8 Å². The summed E-state index contributed by atoms with van der Waals surface area (Å²) in [6, 6.07) is 2.62. The Labute approximate surface area is 114 Å². The largest absolute Gasteiger partial charge is 0.406 e. The van der Waals surface area contributed by atoms with Crippen molar-refractivity contribution in [2.45, 2.75) is 38.0 Å². The summed E-state index contributed by atoms with van der Waals surface area (Å²) in [7, 11) is 0. The standard InChI is InChI=1S/C13H17F3N2O2/c14-13(15,16)8-18-6-2-5-11(18)12(20)17-10-4-1-3-9(10)7-19/h2,5-6,9-10,19H,1,3-4,7-8H2,(H,17,20). The van der Waals surface area contributed by atoms with E-state index in [9.17, 15) is 23.1 Å². The van der Waals surface area contributed by atoms with Crippen molar-refractivity contribution in [2.75, 3.05) is 6.61 Å². The van der Waals surface area contributed by atoms with Crippen LogP contribution >= 0.6 is 0 Å². The molecule has 0 radical (unpaired) electrons. The molecule has 0 aliphatic heterocycles. The van der Waals surface area contributed by atoms with Gasteiger partial charge in [0.2, 0.25) is 0 Å². The Balaban J connectivity index is 2.04. The maximum atomic E-state index is 12.4. The van der Waals surface area contributed by atoms with Crippen LogP contribution in [0.5, 0.6) is 0 Å². The normalized spacial score (nSPS) is 23.0. The minimum Gasteiger partial charge on any atom is -0.396 e. The number of alkyl halides is 3. The summed E-state index contributed by atoms with van der Waals surface area (Å²) in [4.78, 5) is 12.0. The molecule has 1 aromatic rings. The Morgan fingerprint density at radius 3 is 2.85 bits per heavy atom. The first-order valence-corrected chi connectivity index (χ1v) is 6.54. The number of rotatable bonds is 4. The van der Waals surface area contributed by atoms with Crippen molar-refractivity contribution in [3.63, 3.8) is 0 Å². The first-order valence-electron chi connectivity index (χ1n) is 6.54. The van der Waals surface area contributed by atoms with Crippen LogP contribution in [-0.2, 0) is 6.54 Å². The van der Waals surface area contributed by atoms with Crippen LogP contribution in [0.3, 0.4) is 0 Å². The minimum atomic E-state index is -4.37. The van der Waals surface area contributed by atoms with Crippen molar-refractivity contribution in [3.8, 4) is 0 Å². The first kappa shape index (κ1) is 14.9. The molecule has 2 unspecified atom stereocenters. The molecule has 0 spiro atoms. The fraction of sp³-hybridized carbons (Fsp3) is 0.615. The lowest BCUT2D eigenvalue weighted by Crippen LogP contribution is -2.39. The number of hydrogen-bond acceptors (Lipinski definition) is 2. The zero-order chi connectivity index (χ0) is 14.8. The lowest BCUT2D eigenvalue weighted by atomic mass is 10.1. The molecule has 7 heteroatoms. The van der Waals surface area contributed by atoms with Crippen molar-refractivity contribution in [1.29, 1.82) is 0 Å². The molecular formula is C13H17F3N2O2. The van der Waals surface area contributed by atoms with E-state index >= 15 is 0 Å². The summed E-state index contributed by atoms with van der Waals surface area (Å²) in [5, 5.41) is 11.9. The van der Waals surface area contributed by atoms with Gasteiger partial charge in [-0.2, -0.15) is 13.2 Å². The Kier molecular flexibility index (Phi) is 4.37. The van der Waals surface area contributed by atoms with Crippen LogP contribution in [0, 0.1) is 5.92 Å². The summed E-state index contributed by atoms with van der Waals surface area (Å²) >= 11 is 0. The van der Waals surface area contributed by atoms with E-state index in [2.05, 4.69) is 5.32 Å². The van der Waals surface area contributed by atoms with Crippen LogP contribution < -0.4 is 5.32 Å². The smallest absolute Gasteiger partial charge is 0.396 e. The van der Waals surface area contributed by atoms with Crippen molar-refractivity contribution < 1.29 is 23.1 Å². The number of carbonyl (C=O) groups excluding carboxylic acids is 1. The maximum absolute atomic E-state index is 12.4. The second-order valence-electron chi connectivity index (χ2n) is 5.09. The topological polar surface area (TPSA) is 54.3 Å². The minimum absolute atomic E-state index is 0.00841. The first-order chi connectivity index (χ1) is 9.40. The highest BCUT2D eigenvalue weighted by atomic mass is 19.4. The van der Waals surface area contributed by atoms with Crippen LogP contribution in [0.4, 0.5) is 13.2 Å². The van der Waals surface area contributed by atoms with Gasteiger partial charge >= 0.3 is 6.18 Å². The highest BCUT2D eigenvalue weighted by Crippen LogP contribution is 2.25. The summed E-state index contributed by atoms with van der Waals surface area (Å²) in [6.07, 6.45) is -0.655. The predicted octanol–water partition coefficient (Wildman–Crippen LogP) is 1.94. The van der Waals surface area contributed by atoms with Crippen molar-refractivity contribution in [3.05, 3.63) is 24.0 Å². The predicted molar refractivity (Wildman–Crippen MR) is 66.2 cm³/mol. The zero-order valence-corrected chi connectivity index (χ0v) is 10.9. The molecule has 1 saturated carbocycles. The van der Waals surface area contributed by atoms with Gasteiger partial charge in [0.25, 0.3) is 5.91 Å². The summed E-state index contributed by atoms with van der Waals surface area (Å²) in [6.45, 7) is -1.20. The number of amides is 1. The fourth-order valence-electron chi connectivity index (χ4n) is 2.64. The van der Waals surface area contributed by atoms with Gasteiger partial charge in [-0.15, -0.1) is 0 Å². The van der Waals surface area contributed by atoms with Crippen LogP contribution in [0.15, 0.2) is 18.3 Å². The second-order valence-corrected chi connectivity index (χ2v) is 5.09. The summed E-state index contributed by atoms with van der Waals surface area (Å²) in [5.74, 6) is -0.533. The number of carbonyl (C=O) groups is 1. The maximum Gasteiger partial charge on any atom is 0.406 e. The van der Waals surface area contributed by atoms with Crippen LogP contribution in [0.1, 0.15) is 29.8 Å². The van der Waals surface area contributed by atoms with E-state index in [0.29, 0.717) is 0 Å². The van der Waals surface area contributed by atoms with E-state index in [1.54, 1.807) is 0 Å². The van der Waals surface area contributed by atoms with Gasteiger partial charge in [0.05, 0.1) is 0 Å². The van der Waals surface area contributed by atoms with Gasteiger partial charge < -0.3 is 15.0 Å². The Hall–Kier alpha value is -1.50. The number of halogens is 3. The molecule has 1 aromatic heterocycles. The fourth-order valence-corrected chi connectivity index (χ4v) is 2.64. The molecule has 2 rings (SSSR count). The van der Waals surface area contributed by atoms with Gasteiger partial charge in [0, 0.05) is 24.8 Å². The lowest BCUT2D eigenvalue weighted by molar-refractivity contribution is -0.140. The molecule has 0 saturated heterocycles. The number of hydrogen-bond donors (Lipinski definition) is 2. The second kappa shape index (κ2) is 5.87. The number of aliphatic hydroxyl groups is 1. The molecule has 4 nitrogen and oxygen atoms in total. The van der Waals surface area contributed by atoms with Crippen LogP contribution in [0.25, 0.3) is 0 Å². The quantitative estimate of drug-likeness (QED) is 0.890. The van der Waals surface area contributed by atoms with E-state index < -0.39 is 18.6 Å². The average molecular weight is 290 g/mol. The van der Waals surface area contributed by atoms with Gasteiger partial charge in [-0.05, 0) is 25.0 Å². The summed E-state index contributed by atoms with van der Waals surface area (Å²) < 4.78 is 38.1. The SMILES string of the molecule is O=C(NC1CCCC1CO)c1cccn1CC(F)(F)F. The van der Waals surface area contributed by atoms with E-state index in [4.69, 9.17) is 0 Å². The highest BCUT2D eigenvalue weighted by molar-refractivity contribution is 5.93. The molecule has 0 bridgehead atoms. The molecule has 1 fully saturated rings. The molecule has 1 aliphatic carbocycles. The molecule has 1 heterocycles. The zero-order valence-electron chi connectivity index (χ0n) is 10.9. The molecule has 1 aliphatic rings. The third kappa shape index (κ3) is 3.53. The van der Waals surface area contributed by atoms with Crippen molar-refractivity contribution >= 4 is 5.91 Å². The lowest BCUT2D eigenvalue weighted by Gasteiger charge is -2.19. The molecule has 20 heavy (non-hydrogen) atoms. The Morgan fingerprint density at radius 2 is 2.20 bits per heavy atom. The Morgan fingerprint density at radius 1 is 1.45 bits per heavy atom. The van der Waals surface area contributed by atoms with Gasteiger partial charge in [-0.25, -0.2) is 0 Å². The molecule has 2 N–H and O–H groups in total. The highest BCUT2D eigenvalue weighted by Gasteiger charge is 2.31. The van der Waals surface area contributed by atoms with E-state index in [1.807, 2.05) is 0 Å². The number of nitrogens with zero attached hydrogens (tertiary/aromatic N) is 1. The van der Waals surface area contributed by atoms with Crippen LogP contribution in [-0.4, -0.2) is 34.4 Å². The average Bonchev–Trinajstić information content (AvgIpc) is 2.95. The van der Waals surface area contributed by atoms with Crippen molar-refractivity contribution in [1.82, 2.24) is 9.88 Å². The molecule has 112 valence electrons. The van der Waals surface area contributed by atoms with Crippen molar-refractivity contribution in [2.24, 2.45) is 5.92 Å². The number of aromatic nitrogens is 1. The van der Waals surface area contributed by atoms with Crippen LogP contribution in [0.2, 0.25) is 0 Å². The van der Waals surface area contributed by atoms with E-state index in [1.165, 1.54) is 18.3 Å². The molecule has 0 aromatic carbocycles. The molecule has 1 amide bonds. The van der Waals surface area contributed by atoms with Gasteiger partial charge in [0.15, 0.2) is 0 Å².